The van der Waals surface area contributed by atoms with Crippen LogP contribution in [0.2, 0.25) is 0 Å². The van der Waals surface area contributed by atoms with Gasteiger partial charge in [0.25, 0.3) is 0 Å². The van der Waals surface area contributed by atoms with Crippen molar-refractivity contribution in [2.75, 3.05) is 19.7 Å². The van der Waals surface area contributed by atoms with Gasteiger partial charge in [0.15, 0.2) is 5.96 Å². The van der Waals surface area contributed by atoms with Crippen molar-refractivity contribution in [2.24, 2.45) is 10.7 Å². The predicted molar refractivity (Wildman–Crippen MR) is 91.0 cm³/mol. The van der Waals surface area contributed by atoms with Crippen molar-refractivity contribution in [1.82, 2.24) is 5.32 Å². The number of hydrogen-bond donors (Lipinski definition) is 2. The number of nitrogens with one attached hydrogen (secondary N) is 1. The van der Waals surface area contributed by atoms with E-state index in [1.54, 1.807) is 0 Å². The molecule has 0 amide bonds. The lowest BCUT2D eigenvalue weighted by atomic mass is 9.68. The van der Waals surface area contributed by atoms with Crippen LogP contribution in [0.1, 0.15) is 37.0 Å². The molecule has 6 heteroatoms. The van der Waals surface area contributed by atoms with Crippen LogP contribution < -0.4 is 11.1 Å². The Morgan fingerprint density at radius 3 is 2.90 bits per heavy atom. The fourth-order valence-corrected chi connectivity index (χ4v) is 4.62. The van der Waals surface area contributed by atoms with E-state index in [1.165, 1.54) is 27.9 Å². The van der Waals surface area contributed by atoms with Gasteiger partial charge < -0.3 is 15.8 Å². The number of halogens is 1. The maximum absolute atomic E-state index is 6.00. The normalized spacial score (nSPS) is 24.8. The molecule has 0 bridgehead atoms. The quantitative estimate of drug-likeness (QED) is 0.617. The molecule has 1 unspecified atom stereocenters. The zero-order valence-electron chi connectivity index (χ0n) is 12.1. The molecular formula is C15H22BrN3OS. The van der Waals surface area contributed by atoms with Gasteiger partial charge >= 0.3 is 0 Å². The second kappa shape index (κ2) is 6.67. The first kappa shape index (κ1) is 15.3. The lowest BCUT2D eigenvalue weighted by Gasteiger charge is -2.40. The second-order valence-corrected chi connectivity index (χ2v) is 8.42. The van der Waals surface area contributed by atoms with Crippen molar-refractivity contribution in [3.63, 3.8) is 0 Å². The Bertz CT molecular complexity index is 507. The van der Waals surface area contributed by atoms with Crippen LogP contribution in [0.25, 0.3) is 0 Å². The maximum atomic E-state index is 6.00. The SMILES string of the molecule is NC(=NCC1(c2ccc(Br)s2)CCC1)NCC1CCCO1. The van der Waals surface area contributed by atoms with Gasteiger partial charge in [-0.15, -0.1) is 11.3 Å². The largest absolute Gasteiger partial charge is 0.376 e. The molecule has 1 saturated heterocycles. The molecule has 0 aromatic carbocycles. The minimum atomic E-state index is 0.215. The molecule has 1 atom stereocenters. The highest BCUT2D eigenvalue weighted by Gasteiger charge is 2.39. The topological polar surface area (TPSA) is 59.6 Å². The third-order valence-corrected chi connectivity index (χ3v) is 6.36. The molecule has 2 heterocycles. The smallest absolute Gasteiger partial charge is 0.188 e. The molecule has 116 valence electrons. The van der Waals surface area contributed by atoms with Crippen LogP contribution in [0.3, 0.4) is 0 Å². The minimum absolute atomic E-state index is 0.215. The zero-order valence-corrected chi connectivity index (χ0v) is 14.5. The molecule has 0 radical (unpaired) electrons. The first-order chi connectivity index (χ1) is 10.2. The average Bonchev–Trinajstić information content (AvgIpc) is 3.07. The fourth-order valence-electron chi connectivity index (χ4n) is 3.00. The Morgan fingerprint density at radius 2 is 2.33 bits per heavy atom. The molecule has 3 N–H and O–H groups in total. The Hall–Kier alpha value is -0.590. The zero-order chi connectivity index (χ0) is 14.7. The van der Waals surface area contributed by atoms with Crippen molar-refractivity contribution in [2.45, 2.75) is 43.6 Å². The van der Waals surface area contributed by atoms with Crippen molar-refractivity contribution in [3.05, 3.63) is 20.8 Å². The van der Waals surface area contributed by atoms with Gasteiger partial charge in [-0.1, -0.05) is 6.42 Å². The van der Waals surface area contributed by atoms with Gasteiger partial charge in [-0.05, 0) is 53.7 Å². The number of hydrogen-bond acceptors (Lipinski definition) is 3. The van der Waals surface area contributed by atoms with Crippen LogP contribution in [0, 0.1) is 0 Å². The Labute approximate surface area is 138 Å². The van der Waals surface area contributed by atoms with Crippen molar-refractivity contribution in [1.29, 1.82) is 0 Å². The molecule has 2 aliphatic rings. The molecule has 1 saturated carbocycles. The molecule has 0 spiro atoms. The monoisotopic (exact) mass is 371 g/mol. The first-order valence-electron chi connectivity index (χ1n) is 7.59. The lowest BCUT2D eigenvalue weighted by Crippen LogP contribution is -2.41. The van der Waals surface area contributed by atoms with E-state index in [9.17, 15) is 0 Å². The fraction of sp³-hybridized carbons (Fsp3) is 0.667. The summed E-state index contributed by atoms with van der Waals surface area (Å²) in [6.45, 7) is 2.43. The summed E-state index contributed by atoms with van der Waals surface area (Å²) in [5.74, 6) is 0.549. The first-order valence-corrected chi connectivity index (χ1v) is 9.20. The Morgan fingerprint density at radius 1 is 1.48 bits per heavy atom. The van der Waals surface area contributed by atoms with Gasteiger partial charge in [0, 0.05) is 23.4 Å². The number of nitrogens with zero attached hydrogens (tertiary/aromatic N) is 1. The van der Waals surface area contributed by atoms with Gasteiger partial charge in [-0.25, -0.2) is 0 Å². The maximum Gasteiger partial charge on any atom is 0.188 e. The number of aliphatic imine (C=N–C) groups is 1. The molecule has 1 aliphatic heterocycles. The van der Waals surface area contributed by atoms with Gasteiger partial charge in [-0.3, -0.25) is 4.99 Å². The highest BCUT2D eigenvalue weighted by atomic mass is 79.9. The van der Waals surface area contributed by atoms with E-state index in [1.807, 2.05) is 11.3 Å². The Balaban J connectivity index is 1.55. The molecule has 1 aromatic heterocycles. The number of guanidine groups is 1. The van der Waals surface area contributed by atoms with Crippen LogP contribution in [0.15, 0.2) is 20.9 Å². The Kier molecular flexibility index (Phi) is 4.86. The van der Waals surface area contributed by atoms with Crippen LogP contribution in [-0.2, 0) is 10.2 Å². The highest BCUT2D eigenvalue weighted by Crippen LogP contribution is 2.47. The highest BCUT2D eigenvalue weighted by molar-refractivity contribution is 9.11. The minimum Gasteiger partial charge on any atom is -0.376 e. The predicted octanol–water partition coefficient (Wildman–Crippen LogP) is 3.02. The third kappa shape index (κ3) is 3.60. The van der Waals surface area contributed by atoms with E-state index in [2.05, 4.69) is 38.4 Å². The summed E-state index contributed by atoms with van der Waals surface area (Å²) in [5, 5.41) is 3.20. The summed E-state index contributed by atoms with van der Waals surface area (Å²) >= 11 is 5.37. The van der Waals surface area contributed by atoms with E-state index in [0.717, 1.165) is 32.5 Å². The van der Waals surface area contributed by atoms with Crippen LogP contribution in [0.4, 0.5) is 0 Å². The molecule has 1 aliphatic carbocycles. The molecule has 4 nitrogen and oxygen atoms in total. The number of thiophene rings is 1. The number of nitrogens with two attached hydrogens (primary N) is 1. The summed E-state index contributed by atoms with van der Waals surface area (Å²) < 4.78 is 6.77. The molecule has 3 rings (SSSR count). The van der Waals surface area contributed by atoms with E-state index < -0.39 is 0 Å². The summed E-state index contributed by atoms with van der Waals surface area (Å²) in [6, 6.07) is 4.35. The summed E-state index contributed by atoms with van der Waals surface area (Å²) in [6.07, 6.45) is 6.27. The standard InChI is InChI=1S/C15H22BrN3OS/c16-13-5-4-12(21-13)15(6-2-7-15)10-19-14(17)18-9-11-3-1-8-20-11/h4-5,11H,1-3,6-10H2,(H3,17,18,19). The molecule has 2 fully saturated rings. The van der Waals surface area contributed by atoms with Crippen molar-refractivity contribution in [3.8, 4) is 0 Å². The van der Waals surface area contributed by atoms with E-state index in [0.29, 0.717) is 12.1 Å². The van der Waals surface area contributed by atoms with E-state index in [4.69, 9.17) is 10.5 Å². The van der Waals surface area contributed by atoms with Gasteiger partial charge in [0.2, 0.25) is 0 Å². The second-order valence-electron chi connectivity index (χ2n) is 5.96. The van der Waals surface area contributed by atoms with Gasteiger partial charge in [0.1, 0.15) is 0 Å². The summed E-state index contributed by atoms with van der Waals surface area (Å²) in [7, 11) is 0. The third-order valence-electron chi connectivity index (χ3n) is 4.49. The molecular weight excluding hydrogens is 350 g/mol. The molecule has 21 heavy (non-hydrogen) atoms. The van der Waals surface area contributed by atoms with E-state index in [-0.39, 0.29) is 5.41 Å². The summed E-state index contributed by atoms with van der Waals surface area (Å²) in [5.41, 5.74) is 6.21. The number of rotatable bonds is 5. The molecule has 1 aromatic rings. The van der Waals surface area contributed by atoms with Crippen LogP contribution >= 0.6 is 27.3 Å². The van der Waals surface area contributed by atoms with Gasteiger partial charge in [-0.2, -0.15) is 0 Å². The summed E-state index contributed by atoms with van der Waals surface area (Å²) in [4.78, 5) is 6.01. The van der Waals surface area contributed by atoms with Crippen molar-refractivity contribution >= 4 is 33.2 Å². The lowest BCUT2D eigenvalue weighted by molar-refractivity contribution is 0.114. The van der Waals surface area contributed by atoms with Crippen molar-refractivity contribution < 1.29 is 4.74 Å². The average molecular weight is 372 g/mol. The van der Waals surface area contributed by atoms with Gasteiger partial charge in [0.05, 0.1) is 16.4 Å². The van der Waals surface area contributed by atoms with E-state index >= 15 is 0 Å². The van der Waals surface area contributed by atoms with Crippen LogP contribution in [-0.4, -0.2) is 31.8 Å². The van der Waals surface area contributed by atoms with Crippen LogP contribution in [0.5, 0.6) is 0 Å². The number of ether oxygens (including phenoxy) is 1.